The molecule has 2 rings (SSSR count). The third-order valence-electron chi connectivity index (χ3n) is 2.89. The van der Waals surface area contributed by atoms with Gasteiger partial charge < -0.3 is 10.6 Å². The van der Waals surface area contributed by atoms with Crippen molar-refractivity contribution in [1.29, 1.82) is 5.26 Å². The Labute approximate surface area is 118 Å². The number of hydrogen-bond acceptors (Lipinski definition) is 2. The summed E-state index contributed by atoms with van der Waals surface area (Å²) in [6.07, 6.45) is 0.970. The highest BCUT2D eigenvalue weighted by Gasteiger charge is 2.02. The van der Waals surface area contributed by atoms with Crippen molar-refractivity contribution in [3.05, 3.63) is 59.7 Å². The highest BCUT2D eigenvalue weighted by Crippen LogP contribution is 2.12. The predicted molar refractivity (Wildman–Crippen MR) is 79.6 cm³/mol. The van der Waals surface area contributed by atoms with E-state index in [9.17, 15) is 4.79 Å². The van der Waals surface area contributed by atoms with Gasteiger partial charge in [0.25, 0.3) is 0 Å². The summed E-state index contributed by atoms with van der Waals surface area (Å²) in [6, 6.07) is 16.1. The fourth-order valence-corrected chi connectivity index (χ4v) is 1.75. The van der Waals surface area contributed by atoms with Gasteiger partial charge in [-0.1, -0.05) is 19.1 Å². The first-order chi connectivity index (χ1) is 9.71. The lowest BCUT2D eigenvalue weighted by molar-refractivity contribution is 0.262. The lowest BCUT2D eigenvalue weighted by Crippen LogP contribution is -2.19. The van der Waals surface area contributed by atoms with Crippen LogP contribution < -0.4 is 10.6 Å². The second kappa shape index (κ2) is 6.39. The molecule has 2 aromatic carbocycles. The van der Waals surface area contributed by atoms with Crippen molar-refractivity contribution in [2.75, 3.05) is 10.6 Å². The number of aryl methyl sites for hydroxylation is 1. The molecular weight excluding hydrogens is 250 g/mol. The minimum atomic E-state index is -0.307. The summed E-state index contributed by atoms with van der Waals surface area (Å²) in [5, 5.41) is 14.2. The Balaban J connectivity index is 1.95. The average Bonchev–Trinajstić information content (AvgIpc) is 2.49. The van der Waals surface area contributed by atoms with E-state index in [0.717, 1.165) is 12.1 Å². The van der Waals surface area contributed by atoms with Gasteiger partial charge in [0.15, 0.2) is 0 Å². The second-order valence-corrected chi connectivity index (χ2v) is 4.32. The van der Waals surface area contributed by atoms with E-state index in [1.165, 1.54) is 5.56 Å². The monoisotopic (exact) mass is 265 g/mol. The van der Waals surface area contributed by atoms with Crippen molar-refractivity contribution in [3.63, 3.8) is 0 Å². The molecule has 0 fully saturated rings. The summed E-state index contributed by atoms with van der Waals surface area (Å²) in [5.41, 5.74) is 3.18. The first-order valence-electron chi connectivity index (χ1n) is 6.38. The highest BCUT2D eigenvalue weighted by molar-refractivity contribution is 5.99. The van der Waals surface area contributed by atoms with Crippen LogP contribution in [0.15, 0.2) is 48.5 Å². The molecule has 0 saturated heterocycles. The van der Waals surface area contributed by atoms with Crippen LogP contribution in [-0.2, 0) is 6.42 Å². The van der Waals surface area contributed by atoms with Gasteiger partial charge in [-0.05, 0) is 48.4 Å². The fourth-order valence-electron chi connectivity index (χ4n) is 1.75. The van der Waals surface area contributed by atoms with Crippen molar-refractivity contribution in [2.24, 2.45) is 0 Å². The molecule has 0 saturated carbocycles. The number of urea groups is 1. The molecule has 4 heteroatoms. The lowest BCUT2D eigenvalue weighted by atomic mass is 10.1. The Bertz CT molecular complexity index is 624. The van der Waals surface area contributed by atoms with Crippen molar-refractivity contribution in [3.8, 4) is 6.07 Å². The molecule has 0 heterocycles. The van der Waals surface area contributed by atoms with Crippen LogP contribution in [0.5, 0.6) is 0 Å². The molecule has 20 heavy (non-hydrogen) atoms. The summed E-state index contributed by atoms with van der Waals surface area (Å²) in [5.74, 6) is 0. The van der Waals surface area contributed by atoms with Gasteiger partial charge in [-0.25, -0.2) is 4.79 Å². The summed E-state index contributed by atoms with van der Waals surface area (Å²) in [7, 11) is 0. The first-order valence-corrected chi connectivity index (χ1v) is 6.38. The molecule has 2 aromatic rings. The van der Waals surface area contributed by atoms with Gasteiger partial charge in [0.05, 0.1) is 11.6 Å². The lowest BCUT2D eigenvalue weighted by Gasteiger charge is -2.08. The maximum Gasteiger partial charge on any atom is 0.323 e. The third-order valence-corrected chi connectivity index (χ3v) is 2.89. The molecule has 100 valence electrons. The number of nitriles is 1. The Kier molecular flexibility index (Phi) is 4.35. The van der Waals surface area contributed by atoms with Crippen LogP contribution in [0.2, 0.25) is 0 Å². The van der Waals surface area contributed by atoms with E-state index in [4.69, 9.17) is 5.26 Å². The largest absolute Gasteiger partial charge is 0.323 e. The van der Waals surface area contributed by atoms with E-state index in [0.29, 0.717) is 11.3 Å². The van der Waals surface area contributed by atoms with Crippen LogP contribution >= 0.6 is 0 Å². The number of amides is 2. The molecule has 0 spiro atoms. The molecule has 0 aliphatic carbocycles. The number of hydrogen-bond donors (Lipinski definition) is 2. The minimum Gasteiger partial charge on any atom is -0.308 e. The number of benzene rings is 2. The molecular formula is C16H15N3O. The Hall–Kier alpha value is -2.80. The van der Waals surface area contributed by atoms with Crippen molar-refractivity contribution in [2.45, 2.75) is 13.3 Å². The molecule has 2 amide bonds. The fraction of sp³-hybridized carbons (Fsp3) is 0.125. The van der Waals surface area contributed by atoms with Crippen LogP contribution in [-0.4, -0.2) is 6.03 Å². The zero-order valence-corrected chi connectivity index (χ0v) is 11.2. The maximum atomic E-state index is 11.8. The van der Waals surface area contributed by atoms with E-state index >= 15 is 0 Å². The molecule has 0 bridgehead atoms. The van der Waals surface area contributed by atoms with Crippen molar-refractivity contribution < 1.29 is 4.79 Å². The zero-order valence-electron chi connectivity index (χ0n) is 11.2. The maximum absolute atomic E-state index is 11.8. The van der Waals surface area contributed by atoms with E-state index in [2.05, 4.69) is 17.6 Å². The van der Waals surface area contributed by atoms with Gasteiger partial charge in [-0.2, -0.15) is 5.26 Å². The van der Waals surface area contributed by atoms with Crippen LogP contribution in [0.1, 0.15) is 18.1 Å². The second-order valence-electron chi connectivity index (χ2n) is 4.32. The van der Waals surface area contributed by atoms with Crippen LogP contribution in [0.4, 0.5) is 16.2 Å². The van der Waals surface area contributed by atoms with Crippen molar-refractivity contribution in [1.82, 2.24) is 0 Å². The number of nitrogens with zero attached hydrogens (tertiary/aromatic N) is 1. The van der Waals surface area contributed by atoms with Crippen LogP contribution in [0.25, 0.3) is 0 Å². The number of anilines is 2. The highest BCUT2D eigenvalue weighted by atomic mass is 16.2. The molecule has 0 unspecified atom stereocenters. The third kappa shape index (κ3) is 3.59. The molecule has 0 aliphatic heterocycles. The summed E-state index contributed by atoms with van der Waals surface area (Å²) < 4.78 is 0. The van der Waals surface area contributed by atoms with E-state index in [1.54, 1.807) is 24.3 Å². The van der Waals surface area contributed by atoms with E-state index < -0.39 is 0 Å². The molecule has 0 aliphatic rings. The number of carbonyl (C=O) groups excluding carboxylic acids is 1. The Morgan fingerprint density at radius 2 is 1.50 bits per heavy atom. The molecule has 4 nitrogen and oxygen atoms in total. The van der Waals surface area contributed by atoms with Gasteiger partial charge in [0.1, 0.15) is 0 Å². The number of nitrogens with one attached hydrogen (secondary N) is 2. The SMILES string of the molecule is CCc1ccc(NC(=O)Nc2ccc(C#N)cc2)cc1. The topological polar surface area (TPSA) is 64.9 Å². The smallest absolute Gasteiger partial charge is 0.308 e. The van der Waals surface area contributed by atoms with Gasteiger partial charge in [0.2, 0.25) is 0 Å². The van der Waals surface area contributed by atoms with Gasteiger partial charge in [-0.3, -0.25) is 0 Å². The molecule has 0 radical (unpaired) electrons. The summed E-state index contributed by atoms with van der Waals surface area (Å²) >= 11 is 0. The van der Waals surface area contributed by atoms with Gasteiger partial charge in [-0.15, -0.1) is 0 Å². The normalized spacial score (nSPS) is 9.60. The summed E-state index contributed by atoms with van der Waals surface area (Å²) in [4.78, 5) is 11.8. The zero-order chi connectivity index (χ0) is 14.4. The Morgan fingerprint density at radius 3 is 1.95 bits per heavy atom. The minimum absolute atomic E-state index is 0.307. The first kappa shape index (κ1) is 13.6. The molecule has 0 aromatic heterocycles. The van der Waals surface area contributed by atoms with Gasteiger partial charge >= 0.3 is 6.03 Å². The van der Waals surface area contributed by atoms with E-state index in [-0.39, 0.29) is 6.03 Å². The van der Waals surface area contributed by atoms with E-state index in [1.807, 2.05) is 30.3 Å². The summed E-state index contributed by atoms with van der Waals surface area (Å²) in [6.45, 7) is 2.08. The van der Waals surface area contributed by atoms with Crippen molar-refractivity contribution >= 4 is 17.4 Å². The van der Waals surface area contributed by atoms with Gasteiger partial charge in [0, 0.05) is 11.4 Å². The standard InChI is InChI=1S/C16H15N3O/c1-2-12-3-7-14(8-4-12)18-16(20)19-15-9-5-13(11-17)6-10-15/h3-10H,2H2,1H3,(H2,18,19,20). The average molecular weight is 265 g/mol. The molecule has 2 N–H and O–H groups in total. The predicted octanol–water partition coefficient (Wildman–Crippen LogP) is 3.76. The Morgan fingerprint density at radius 1 is 1.00 bits per heavy atom. The number of carbonyl (C=O) groups is 1. The quantitative estimate of drug-likeness (QED) is 0.887. The molecule has 0 atom stereocenters. The van der Waals surface area contributed by atoms with Crippen LogP contribution in [0.3, 0.4) is 0 Å². The number of rotatable bonds is 3. The van der Waals surface area contributed by atoms with Crippen LogP contribution in [0, 0.1) is 11.3 Å².